The second-order valence-corrected chi connectivity index (χ2v) is 3.16. The Labute approximate surface area is 86.5 Å². The van der Waals surface area contributed by atoms with Crippen molar-refractivity contribution in [2.45, 2.75) is 20.8 Å². The van der Waals surface area contributed by atoms with E-state index in [9.17, 15) is 4.79 Å². The summed E-state index contributed by atoms with van der Waals surface area (Å²) < 4.78 is 0. The van der Waals surface area contributed by atoms with Crippen molar-refractivity contribution in [3.05, 3.63) is 0 Å². The van der Waals surface area contributed by atoms with Crippen LogP contribution in [0.5, 0.6) is 0 Å². The van der Waals surface area contributed by atoms with Gasteiger partial charge in [0.1, 0.15) is 0 Å². The van der Waals surface area contributed by atoms with Crippen LogP contribution in [0.4, 0.5) is 0 Å². The van der Waals surface area contributed by atoms with Gasteiger partial charge in [-0.15, -0.1) is 0 Å². The summed E-state index contributed by atoms with van der Waals surface area (Å²) >= 11 is 0. The fraction of sp³-hybridized carbons (Fsp3) is 0.900. The molecule has 0 fully saturated rings. The highest BCUT2D eigenvalue weighted by Crippen LogP contribution is 1.93. The maximum atomic E-state index is 11.7. The molecule has 14 heavy (non-hydrogen) atoms. The third-order valence-corrected chi connectivity index (χ3v) is 2.34. The summed E-state index contributed by atoms with van der Waals surface area (Å²) in [6, 6.07) is 0. The molecule has 0 saturated carbocycles. The molecule has 0 aliphatic rings. The molecule has 0 spiro atoms. The predicted octanol–water partition coefficient (Wildman–Crippen LogP) is 0.169. The molecule has 1 amide bonds. The Bertz CT molecular complexity index is 158. The number of nitrogens with zero attached hydrogens (tertiary/aromatic N) is 2. The molecule has 4 heteroatoms. The Balaban J connectivity index is 3.99. The first kappa shape index (κ1) is 13.4. The standard InChI is InChI=1S/C10H22N2O2/c1-4-11(7-8-13)9-10(14)12(5-2)6-3/h13H,4-9H2,1-3H3. The quantitative estimate of drug-likeness (QED) is 0.640. The van der Waals surface area contributed by atoms with E-state index in [1.54, 1.807) is 4.90 Å². The fourth-order valence-electron chi connectivity index (χ4n) is 1.36. The molecule has 0 unspecified atom stereocenters. The van der Waals surface area contributed by atoms with Crippen LogP contribution in [0.3, 0.4) is 0 Å². The molecule has 0 bridgehead atoms. The minimum Gasteiger partial charge on any atom is -0.395 e. The van der Waals surface area contributed by atoms with Crippen LogP contribution in [0, 0.1) is 0 Å². The van der Waals surface area contributed by atoms with Crippen LogP contribution < -0.4 is 0 Å². The molecular weight excluding hydrogens is 180 g/mol. The zero-order valence-corrected chi connectivity index (χ0v) is 9.49. The third kappa shape index (κ3) is 4.58. The van der Waals surface area contributed by atoms with Crippen LogP contribution in [-0.4, -0.2) is 60.1 Å². The Morgan fingerprint density at radius 2 is 1.71 bits per heavy atom. The number of aliphatic hydroxyl groups is 1. The third-order valence-electron chi connectivity index (χ3n) is 2.34. The summed E-state index contributed by atoms with van der Waals surface area (Å²) in [5.41, 5.74) is 0. The number of hydrogen-bond donors (Lipinski definition) is 1. The van der Waals surface area contributed by atoms with Gasteiger partial charge in [0.15, 0.2) is 0 Å². The van der Waals surface area contributed by atoms with Gasteiger partial charge in [0.05, 0.1) is 13.2 Å². The van der Waals surface area contributed by atoms with E-state index in [1.807, 2.05) is 25.7 Å². The highest BCUT2D eigenvalue weighted by atomic mass is 16.3. The molecule has 0 aromatic carbocycles. The van der Waals surface area contributed by atoms with Crippen molar-refractivity contribution in [2.75, 3.05) is 39.3 Å². The van der Waals surface area contributed by atoms with Crippen molar-refractivity contribution in [3.63, 3.8) is 0 Å². The van der Waals surface area contributed by atoms with Crippen molar-refractivity contribution < 1.29 is 9.90 Å². The number of carbonyl (C=O) groups excluding carboxylic acids is 1. The average Bonchev–Trinajstić information content (AvgIpc) is 2.19. The lowest BCUT2D eigenvalue weighted by atomic mass is 10.4. The highest BCUT2D eigenvalue weighted by molar-refractivity contribution is 5.78. The van der Waals surface area contributed by atoms with Crippen LogP contribution in [0.1, 0.15) is 20.8 Å². The monoisotopic (exact) mass is 202 g/mol. The van der Waals surface area contributed by atoms with Crippen LogP contribution in [0.25, 0.3) is 0 Å². The molecule has 0 aromatic heterocycles. The van der Waals surface area contributed by atoms with Crippen molar-refractivity contribution in [3.8, 4) is 0 Å². The van der Waals surface area contributed by atoms with Gasteiger partial charge >= 0.3 is 0 Å². The van der Waals surface area contributed by atoms with Crippen molar-refractivity contribution in [1.29, 1.82) is 0 Å². The number of amides is 1. The first-order valence-electron chi connectivity index (χ1n) is 5.30. The minimum absolute atomic E-state index is 0.110. The Kier molecular flexibility index (Phi) is 7.42. The van der Waals surface area contributed by atoms with E-state index in [2.05, 4.69) is 0 Å². The predicted molar refractivity (Wildman–Crippen MR) is 57.1 cm³/mol. The lowest BCUT2D eigenvalue weighted by molar-refractivity contribution is -0.132. The molecule has 1 N–H and O–H groups in total. The van der Waals surface area contributed by atoms with Crippen molar-refractivity contribution in [2.24, 2.45) is 0 Å². The SMILES string of the molecule is CCN(CCO)CC(=O)N(CC)CC. The maximum absolute atomic E-state index is 11.7. The molecule has 0 aromatic rings. The lowest BCUT2D eigenvalue weighted by Gasteiger charge is -2.24. The summed E-state index contributed by atoms with van der Waals surface area (Å²) in [7, 11) is 0. The molecule has 84 valence electrons. The summed E-state index contributed by atoms with van der Waals surface area (Å²) in [5, 5.41) is 8.77. The van der Waals surface area contributed by atoms with Gasteiger partial charge in [-0.05, 0) is 20.4 Å². The van der Waals surface area contributed by atoms with Gasteiger partial charge in [-0.2, -0.15) is 0 Å². The van der Waals surface area contributed by atoms with Crippen LogP contribution in [0.2, 0.25) is 0 Å². The van der Waals surface area contributed by atoms with E-state index >= 15 is 0 Å². The molecule has 0 rings (SSSR count). The zero-order chi connectivity index (χ0) is 11.0. The van der Waals surface area contributed by atoms with Gasteiger partial charge < -0.3 is 10.0 Å². The first-order chi connectivity index (χ1) is 6.69. The Hall–Kier alpha value is -0.610. The van der Waals surface area contributed by atoms with Crippen LogP contribution in [0.15, 0.2) is 0 Å². The molecule has 0 saturated heterocycles. The number of likely N-dealkylation sites (N-methyl/N-ethyl adjacent to an activating group) is 2. The molecule has 0 aliphatic heterocycles. The average molecular weight is 202 g/mol. The van der Waals surface area contributed by atoms with E-state index in [4.69, 9.17) is 5.11 Å². The Morgan fingerprint density at radius 3 is 2.07 bits per heavy atom. The smallest absolute Gasteiger partial charge is 0.236 e. The van der Waals surface area contributed by atoms with Gasteiger partial charge in [0.25, 0.3) is 0 Å². The van der Waals surface area contributed by atoms with E-state index in [0.717, 1.165) is 19.6 Å². The topological polar surface area (TPSA) is 43.8 Å². The lowest BCUT2D eigenvalue weighted by Crippen LogP contribution is -2.41. The van der Waals surface area contributed by atoms with Crippen molar-refractivity contribution in [1.82, 2.24) is 9.80 Å². The summed E-state index contributed by atoms with van der Waals surface area (Å²) in [4.78, 5) is 15.4. The van der Waals surface area contributed by atoms with Gasteiger partial charge in [-0.25, -0.2) is 0 Å². The number of rotatable bonds is 7. The van der Waals surface area contributed by atoms with Crippen molar-refractivity contribution >= 4 is 5.91 Å². The first-order valence-corrected chi connectivity index (χ1v) is 5.30. The normalized spacial score (nSPS) is 10.6. The number of carbonyl (C=O) groups is 1. The van der Waals surface area contributed by atoms with Gasteiger partial charge in [-0.3, -0.25) is 9.69 Å². The minimum atomic E-state index is 0.110. The maximum Gasteiger partial charge on any atom is 0.236 e. The highest BCUT2D eigenvalue weighted by Gasteiger charge is 2.12. The van der Waals surface area contributed by atoms with Crippen LogP contribution in [-0.2, 0) is 4.79 Å². The molecular formula is C10H22N2O2. The Morgan fingerprint density at radius 1 is 1.14 bits per heavy atom. The van der Waals surface area contributed by atoms with E-state index in [0.29, 0.717) is 13.1 Å². The molecule has 0 radical (unpaired) electrons. The van der Waals surface area contributed by atoms with Gasteiger partial charge in [-0.1, -0.05) is 6.92 Å². The molecule has 0 heterocycles. The van der Waals surface area contributed by atoms with E-state index < -0.39 is 0 Å². The fourth-order valence-corrected chi connectivity index (χ4v) is 1.36. The largest absolute Gasteiger partial charge is 0.395 e. The molecule has 0 atom stereocenters. The second kappa shape index (κ2) is 7.76. The van der Waals surface area contributed by atoms with Gasteiger partial charge in [0, 0.05) is 19.6 Å². The number of aliphatic hydroxyl groups excluding tert-OH is 1. The van der Waals surface area contributed by atoms with E-state index in [1.165, 1.54) is 0 Å². The van der Waals surface area contributed by atoms with Gasteiger partial charge in [0.2, 0.25) is 5.91 Å². The zero-order valence-electron chi connectivity index (χ0n) is 9.49. The molecule has 0 aliphatic carbocycles. The second-order valence-electron chi connectivity index (χ2n) is 3.16. The van der Waals surface area contributed by atoms with Crippen LogP contribution >= 0.6 is 0 Å². The summed E-state index contributed by atoms with van der Waals surface area (Å²) in [6.07, 6.45) is 0. The number of hydrogen-bond acceptors (Lipinski definition) is 3. The van der Waals surface area contributed by atoms with E-state index in [-0.39, 0.29) is 12.5 Å². The molecule has 4 nitrogen and oxygen atoms in total. The summed E-state index contributed by atoms with van der Waals surface area (Å²) in [5.74, 6) is 0.144. The summed E-state index contributed by atoms with van der Waals surface area (Å²) in [6.45, 7) is 9.35.